The first kappa shape index (κ1) is 35.1. The zero-order valence-electron chi connectivity index (χ0n) is 31.4. The Labute approximate surface area is 333 Å². The average Bonchev–Trinajstić information content (AvgIpc) is 3.61. The molecule has 0 fully saturated rings. The SMILES string of the molecule is C=NC(=NC(=NCc1ccc(-c2ccccc2)cc1)c1ccccc1)c1cc(N2/C=C\C=C/C(=C)c3ccccc32)cc(-n2c3ccccc3c3ccccc32)c1. The number of fused-ring (bicyclic) bond motifs is 4. The molecule has 0 saturated carbocycles. The fourth-order valence-corrected chi connectivity index (χ4v) is 7.52. The zero-order chi connectivity index (χ0) is 38.6. The standard InChI is InChI=1S/C52H39N5/c1-37-17-15-16-32-56(48-25-12-9-22-45(37)48)43-33-42(34-44(35-43)57-49-26-13-10-23-46(49)47-24-11-14-27-50(47)57)51(53-2)55-52(41-20-7-4-8-21-41)54-36-38-28-30-40(31-29-38)39-18-5-3-6-19-39/h3-35H,1-2,36H2/b17-15-,32-16-,54-52?,55-51?. The highest BCUT2D eigenvalue weighted by Crippen LogP contribution is 2.38. The van der Waals surface area contributed by atoms with E-state index in [1.165, 1.54) is 21.9 Å². The van der Waals surface area contributed by atoms with Crippen molar-refractivity contribution in [3.8, 4) is 16.8 Å². The molecule has 57 heavy (non-hydrogen) atoms. The van der Waals surface area contributed by atoms with Gasteiger partial charge in [-0.1, -0.05) is 158 Å². The van der Waals surface area contributed by atoms with Crippen LogP contribution in [0, 0.1) is 0 Å². The lowest BCUT2D eigenvalue weighted by atomic mass is 10.0. The second-order valence-electron chi connectivity index (χ2n) is 13.9. The number of hydrogen-bond acceptors (Lipinski definition) is 2. The summed E-state index contributed by atoms with van der Waals surface area (Å²) in [5.41, 5.74) is 12.3. The molecule has 1 aliphatic heterocycles. The van der Waals surface area contributed by atoms with Crippen molar-refractivity contribution in [3.05, 3.63) is 229 Å². The van der Waals surface area contributed by atoms with Gasteiger partial charge in [-0.3, -0.25) is 4.99 Å². The molecule has 0 spiro atoms. The van der Waals surface area contributed by atoms with Crippen LogP contribution in [0.5, 0.6) is 0 Å². The molecule has 1 aromatic heterocycles. The number of anilines is 2. The van der Waals surface area contributed by atoms with Gasteiger partial charge in [-0.25, -0.2) is 9.98 Å². The first-order valence-electron chi connectivity index (χ1n) is 19.0. The lowest BCUT2D eigenvalue weighted by molar-refractivity contribution is 1.06. The molecular weight excluding hydrogens is 695 g/mol. The molecule has 0 aliphatic carbocycles. The van der Waals surface area contributed by atoms with Gasteiger partial charge in [0.1, 0.15) is 0 Å². The van der Waals surface area contributed by atoms with E-state index in [4.69, 9.17) is 9.98 Å². The minimum Gasteiger partial charge on any atom is -0.316 e. The number of amidine groups is 2. The third kappa shape index (κ3) is 7.06. The van der Waals surface area contributed by atoms with Crippen molar-refractivity contribution in [2.24, 2.45) is 15.0 Å². The maximum atomic E-state index is 5.20. The number of para-hydroxylation sites is 3. The Hall–Kier alpha value is -7.63. The minimum absolute atomic E-state index is 0.451. The van der Waals surface area contributed by atoms with Crippen LogP contribution in [0.3, 0.4) is 0 Å². The fourth-order valence-electron chi connectivity index (χ4n) is 7.52. The van der Waals surface area contributed by atoms with Crippen LogP contribution in [0.4, 0.5) is 11.4 Å². The van der Waals surface area contributed by atoms with Crippen LogP contribution in [-0.4, -0.2) is 23.0 Å². The van der Waals surface area contributed by atoms with Gasteiger partial charge in [-0.2, -0.15) is 0 Å². The van der Waals surface area contributed by atoms with E-state index in [0.29, 0.717) is 18.2 Å². The van der Waals surface area contributed by atoms with E-state index in [0.717, 1.165) is 55.9 Å². The first-order valence-corrected chi connectivity index (χ1v) is 19.0. The van der Waals surface area contributed by atoms with E-state index in [-0.39, 0.29) is 0 Å². The van der Waals surface area contributed by atoms with Crippen LogP contribution in [0.1, 0.15) is 22.3 Å². The molecule has 5 heteroatoms. The molecule has 5 nitrogen and oxygen atoms in total. The van der Waals surface area contributed by atoms with Crippen LogP contribution >= 0.6 is 0 Å². The smallest absolute Gasteiger partial charge is 0.161 e. The maximum Gasteiger partial charge on any atom is 0.161 e. The molecule has 9 rings (SSSR count). The van der Waals surface area contributed by atoms with Gasteiger partial charge in [0.25, 0.3) is 0 Å². The predicted octanol–water partition coefficient (Wildman–Crippen LogP) is 12.8. The van der Waals surface area contributed by atoms with Gasteiger partial charge < -0.3 is 9.47 Å². The fraction of sp³-hybridized carbons (Fsp3) is 0.0192. The topological polar surface area (TPSA) is 45.2 Å². The monoisotopic (exact) mass is 733 g/mol. The summed E-state index contributed by atoms with van der Waals surface area (Å²) in [6.45, 7) is 8.89. The maximum absolute atomic E-state index is 5.20. The molecule has 0 atom stereocenters. The number of hydrogen-bond donors (Lipinski definition) is 0. The molecular formula is C52H39N5. The van der Waals surface area contributed by atoms with Crippen LogP contribution in [0.25, 0.3) is 44.2 Å². The van der Waals surface area contributed by atoms with E-state index in [1.54, 1.807) is 0 Å². The Kier molecular flexibility index (Phi) is 9.61. The highest BCUT2D eigenvalue weighted by Gasteiger charge is 2.19. The largest absolute Gasteiger partial charge is 0.316 e. The van der Waals surface area contributed by atoms with E-state index in [9.17, 15) is 0 Å². The molecule has 0 unspecified atom stereocenters. The average molecular weight is 734 g/mol. The lowest BCUT2D eigenvalue weighted by Crippen LogP contribution is -2.13. The molecule has 0 N–H and O–H groups in total. The second-order valence-corrected chi connectivity index (χ2v) is 13.9. The van der Waals surface area contributed by atoms with E-state index in [2.05, 4.69) is 173 Å². The van der Waals surface area contributed by atoms with Crippen molar-refractivity contribution < 1.29 is 0 Å². The predicted molar refractivity (Wildman–Crippen MR) is 241 cm³/mol. The van der Waals surface area contributed by atoms with Crippen molar-refractivity contribution in [1.82, 2.24) is 4.57 Å². The molecule has 272 valence electrons. The normalized spacial score (nSPS) is 14.2. The van der Waals surface area contributed by atoms with E-state index >= 15 is 0 Å². The summed E-state index contributed by atoms with van der Waals surface area (Å²) >= 11 is 0. The van der Waals surface area contributed by atoms with Gasteiger partial charge in [0.2, 0.25) is 0 Å². The number of benzene rings is 7. The van der Waals surface area contributed by atoms with Crippen molar-refractivity contribution in [2.75, 3.05) is 4.90 Å². The molecule has 1 aliphatic rings. The van der Waals surface area contributed by atoms with Crippen molar-refractivity contribution in [3.63, 3.8) is 0 Å². The number of rotatable bonds is 7. The van der Waals surface area contributed by atoms with Crippen molar-refractivity contribution in [2.45, 2.75) is 6.54 Å². The number of allylic oxidation sites excluding steroid dienone is 4. The van der Waals surface area contributed by atoms with Gasteiger partial charge in [0.15, 0.2) is 11.7 Å². The highest BCUT2D eigenvalue weighted by molar-refractivity contribution is 6.14. The summed E-state index contributed by atoms with van der Waals surface area (Å²) in [7, 11) is 0. The Balaban J connectivity index is 1.21. The van der Waals surface area contributed by atoms with Crippen molar-refractivity contribution in [1.29, 1.82) is 0 Å². The van der Waals surface area contributed by atoms with Gasteiger partial charge in [-0.05, 0) is 71.5 Å². The van der Waals surface area contributed by atoms with Crippen LogP contribution in [-0.2, 0) is 6.54 Å². The molecule has 7 aromatic carbocycles. The lowest BCUT2D eigenvalue weighted by Gasteiger charge is -2.26. The van der Waals surface area contributed by atoms with Gasteiger partial charge in [0, 0.05) is 45.0 Å². The Morgan fingerprint density at radius 2 is 1.16 bits per heavy atom. The van der Waals surface area contributed by atoms with Gasteiger partial charge in [-0.15, -0.1) is 0 Å². The number of aromatic nitrogens is 1. The summed E-state index contributed by atoms with van der Waals surface area (Å²) in [5, 5.41) is 2.37. The first-order chi connectivity index (χ1) is 28.1. The van der Waals surface area contributed by atoms with Crippen molar-refractivity contribution >= 4 is 57.1 Å². The van der Waals surface area contributed by atoms with E-state index in [1.807, 2.05) is 54.6 Å². The summed E-state index contributed by atoms with van der Waals surface area (Å²) in [5.74, 6) is 1.04. The Morgan fingerprint density at radius 3 is 1.88 bits per heavy atom. The molecule has 0 bridgehead atoms. The molecule has 0 saturated heterocycles. The number of aliphatic imine (C=N–C) groups is 3. The summed E-state index contributed by atoms with van der Waals surface area (Å²) in [4.78, 5) is 17.1. The summed E-state index contributed by atoms with van der Waals surface area (Å²) in [6.07, 6.45) is 8.20. The van der Waals surface area contributed by atoms with Gasteiger partial charge in [0.05, 0.1) is 23.3 Å². The third-order valence-electron chi connectivity index (χ3n) is 10.3. The van der Waals surface area contributed by atoms with Crippen LogP contribution < -0.4 is 4.90 Å². The summed E-state index contributed by atoms with van der Waals surface area (Å²) < 4.78 is 2.32. The quantitative estimate of drug-likeness (QED) is 0.119. The van der Waals surface area contributed by atoms with Crippen LogP contribution in [0.2, 0.25) is 0 Å². The highest BCUT2D eigenvalue weighted by atomic mass is 15.1. The molecule has 8 aromatic rings. The molecule has 0 radical (unpaired) electrons. The second kappa shape index (κ2) is 15.6. The third-order valence-corrected chi connectivity index (χ3v) is 10.3. The van der Waals surface area contributed by atoms with Gasteiger partial charge >= 0.3 is 0 Å². The zero-order valence-corrected chi connectivity index (χ0v) is 31.4. The molecule has 2 heterocycles. The van der Waals surface area contributed by atoms with E-state index < -0.39 is 0 Å². The summed E-state index contributed by atoms with van der Waals surface area (Å²) in [6, 6.07) is 61.0. The Morgan fingerprint density at radius 1 is 0.544 bits per heavy atom. The Bertz CT molecular complexity index is 2840. The molecule has 0 amide bonds. The number of nitrogens with zero attached hydrogens (tertiary/aromatic N) is 5. The minimum atomic E-state index is 0.451. The van der Waals surface area contributed by atoms with Crippen LogP contribution in [0.15, 0.2) is 222 Å².